The van der Waals surface area contributed by atoms with Crippen molar-refractivity contribution in [1.82, 2.24) is 20.6 Å². The zero-order chi connectivity index (χ0) is 28.3. The summed E-state index contributed by atoms with van der Waals surface area (Å²) in [5.74, 6) is -1.64. The Kier molecular flexibility index (Phi) is 9.89. The van der Waals surface area contributed by atoms with Gasteiger partial charge >= 0.3 is 5.97 Å². The lowest BCUT2D eigenvalue weighted by atomic mass is 9.98. The number of carboxylic acid groups (broad SMARTS) is 1. The van der Waals surface area contributed by atoms with Crippen LogP contribution in [0.25, 0.3) is 11.0 Å². The van der Waals surface area contributed by atoms with Crippen LogP contribution in [0.5, 0.6) is 0 Å². The summed E-state index contributed by atoms with van der Waals surface area (Å²) in [7, 11) is 0. The molecule has 1 unspecified atom stereocenters. The number of benzene rings is 2. The second-order valence-corrected chi connectivity index (χ2v) is 10.1. The van der Waals surface area contributed by atoms with E-state index in [1.165, 1.54) is 11.3 Å². The summed E-state index contributed by atoms with van der Waals surface area (Å²) >= 11 is 1.43. The first-order valence-electron chi connectivity index (χ1n) is 12.8. The molecule has 4 rings (SSSR count). The van der Waals surface area contributed by atoms with E-state index in [0.29, 0.717) is 43.5 Å². The highest BCUT2D eigenvalue weighted by Crippen LogP contribution is 2.27. The van der Waals surface area contributed by atoms with E-state index >= 15 is 0 Å². The highest BCUT2D eigenvalue weighted by Gasteiger charge is 2.24. The molecule has 11 heteroatoms. The van der Waals surface area contributed by atoms with Gasteiger partial charge in [-0.25, -0.2) is 4.98 Å². The first-order valence-corrected chi connectivity index (χ1v) is 13.7. The molecule has 0 fully saturated rings. The molecule has 0 aliphatic heterocycles. The van der Waals surface area contributed by atoms with E-state index in [2.05, 4.69) is 25.9 Å². The summed E-state index contributed by atoms with van der Waals surface area (Å²) in [6.45, 7) is 0.431. The molecule has 206 valence electrons. The lowest BCUT2D eigenvalue weighted by molar-refractivity contribution is -0.138. The number of aliphatic carboxylic acids is 1. The SMILES string of the molecule is O=C[C@H](CC(=O)O)NC(=O)C(CCCCNC(=O)c1ccc(Nc2cnc3ccccc3n2)cc1)c1cccs1. The fourth-order valence-corrected chi connectivity index (χ4v) is 5.00. The number of unbranched alkanes of at least 4 members (excludes halogenated alkanes) is 1. The predicted molar refractivity (Wildman–Crippen MR) is 153 cm³/mol. The van der Waals surface area contributed by atoms with Crippen LogP contribution in [-0.2, 0) is 14.4 Å². The minimum Gasteiger partial charge on any atom is -0.481 e. The van der Waals surface area contributed by atoms with Gasteiger partial charge in [0.15, 0.2) is 0 Å². The van der Waals surface area contributed by atoms with Crippen LogP contribution < -0.4 is 16.0 Å². The molecule has 4 N–H and O–H groups in total. The summed E-state index contributed by atoms with van der Waals surface area (Å²) in [6, 6.07) is 17.3. The Morgan fingerprint density at radius 3 is 2.45 bits per heavy atom. The monoisotopic (exact) mass is 559 g/mol. The molecule has 0 aliphatic carbocycles. The number of thiophene rings is 1. The number of aldehydes is 1. The fraction of sp³-hybridized carbons (Fsp3) is 0.241. The second-order valence-electron chi connectivity index (χ2n) is 9.12. The highest BCUT2D eigenvalue weighted by atomic mass is 32.1. The van der Waals surface area contributed by atoms with Gasteiger partial charge in [0.25, 0.3) is 5.91 Å². The van der Waals surface area contributed by atoms with E-state index in [1.807, 2.05) is 41.8 Å². The molecule has 2 aromatic carbocycles. The van der Waals surface area contributed by atoms with E-state index in [4.69, 9.17) is 5.11 Å². The number of amides is 2. The van der Waals surface area contributed by atoms with Gasteiger partial charge in [-0.3, -0.25) is 19.4 Å². The summed E-state index contributed by atoms with van der Waals surface area (Å²) in [6.07, 6.45) is 3.43. The molecule has 0 spiro atoms. The van der Waals surface area contributed by atoms with Gasteiger partial charge in [0.05, 0.1) is 35.6 Å². The number of hydrogen-bond donors (Lipinski definition) is 4. The van der Waals surface area contributed by atoms with Crippen LogP contribution in [0.2, 0.25) is 0 Å². The van der Waals surface area contributed by atoms with Crippen LogP contribution in [0.1, 0.15) is 46.8 Å². The van der Waals surface area contributed by atoms with Crippen molar-refractivity contribution in [3.8, 4) is 0 Å². The molecule has 0 aliphatic rings. The van der Waals surface area contributed by atoms with Gasteiger partial charge in [-0.05, 0) is 60.7 Å². The number of hydrogen-bond acceptors (Lipinski definition) is 8. The number of nitrogens with zero attached hydrogens (tertiary/aromatic N) is 2. The molecular weight excluding hydrogens is 530 g/mol. The third kappa shape index (κ3) is 7.93. The number of fused-ring (bicyclic) bond motifs is 1. The van der Waals surface area contributed by atoms with Gasteiger partial charge in [0.1, 0.15) is 12.1 Å². The number of aromatic nitrogens is 2. The quantitative estimate of drug-likeness (QED) is 0.132. The summed E-state index contributed by atoms with van der Waals surface area (Å²) in [5, 5.41) is 19.4. The van der Waals surface area contributed by atoms with Gasteiger partial charge in [0, 0.05) is 22.7 Å². The van der Waals surface area contributed by atoms with Crippen LogP contribution in [-0.4, -0.2) is 51.7 Å². The second kappa shape index (κ2) is 13.9. The number of carbonyl (C=O) groups is 4. The Bertz CT molecular complexity index is 1460. The van der Waals surface area contributed by atoms with E-state index in [9.17, 15) is 19.2 Å². The van der Waals surface area contributed by atoms with Crippen LogP contribution in [0.3, 0.4) is 0 Å². The minimum absolute atomic E-state index is 0.202. The Balaban J connectivity index is 1.24. The first-order chi connectivity index (χ1) is 19.4. The largest absolute Gasteiger partial charge is 0.481 e. The van der Waals surface area contributed by atoms with Gasteiger partial charge < -0.3 is 25.9 Å². The molecule has 0 saturated heterocycles. The Hall–Kier alpha value is -4.64. The van der Waals surface area contributed by atoms with Gasteiger partial charge in [-0.15, -0.1) is 11.3 Å². The molecule has 40 heavy (non-hydrogen) atoms. The molecule has 10 nitrogen and oxygen atoms in total. The molecule has 0 radical (unpaired) electrons. The summed E-state index contributed by atoms with van der Waals surface area (Å²) in [5.41, 5.74) is 2.89. The van der Waals surface area contributed by atoms with Crippen molar-refractivity contribution in [2.75, 3.05) is 11.9 Å². The maximum Gasteiger partial charge on any atom is 0.305 e. The zero-order valence-electron chi connectivity index (χ0n) is 21.6. The van der Waals surface area contributed by atoms with Crippen LogP contribution in [0, 0.1) is 0 Å². The van der Waals surface area contributed by atoms with E-state index < -0.39 is 24.3 Å². The fourth-order valence-electron chi connectivity index (χ4n) is 4.14. The van der Waals surface area contributed by atoms with Gasteiger partial charge in [-0.1, -0.05) is 24.6 Å². The minimum atomic E-state index is -1.16. The molecule has 2 aromatic heterocycles. The maximum atomic E-state index is 12.8. The molecule has 0 saturated carbocycles. The molecule has 4 aromatic rings. The van der Waals surface area contributed by atoms with E-state index in [0.717, 1.165) is 21.6 Å². The van der Waals surface area contributed by atoms with Crippen LogP contribution in [0.4, 0.5) is 11.5 Å². The third-order valence-electron chi connectivity index (χ3n) is 6.16. The molecule has 2 heterocycles. The van der Waals surface area contributed by atoms with Crippen molar-refractivity contribution >= 4 is 57.9 Å². The Morgan fingerprint density at radius 2 is 1.75 bits per heavy atom. The van der Waals surface area contributed by atoms with Crippen molar-refractivity contribution in [3.63, 3.8) is 0 Å². The summed E-state index contributed by atoms with van der Waals surface area (Å²) < 4.78 is 0. The number of carboxylic acids is 1. The average molecular weight is 560 g/mol. The van der Waals surface area contributed by atoms with Crippen molar-refractivity contribution in [1.29, 1.82) is 0 Å². The lowest BCUT2D eigenvalue weighted by Gasteiger charge is -2.18. The highest BCUT2D eigenvalue weighted by molar-refractivity contribution is 7.10. The molecule has 0 bridgehead atoms. The smallest absolute Gasteiger partial charge is 0.305 e. The zero-order valence-corrected chi connectivity index (χ0v) is 22.4. The average Bonchev–Trinajstić information content (AvgIpc) is 3.49. The number of nitrogens with one attached hydrogen (secondary N) is 3. The van der Waals surface area contributed by atoms with Crippen LogP contribution in [0.15, 0.2) is 72.2 Å². The van der Waals surface area contributed by atoms with Gasteiger partial charge in [-0.2, -0.15) is 0 Å². The van der Waals surface area contributed by atoms with E-state index in [1.54, 1.807) is 30.5 Å². The lowest BCUT2D eigenvalue weighted by Crippen LogP contribution is -2.40. The third-order valence-corrected chi connectivity index (χ3v) is 7.15. The number of rotatable bonds is 14. The van der Waals surface area contributed by atoms with Crippen LogP contribution >= 0.6 is 11.3 Å². The normalized spacial score (nSPS) is 12.3. The first kappa shape index (κ1) is 28.4. The number of carbonyl (C=O) groups excluding carboxylic acids is 3. The van der Waals surface area contributed by atoms with Gasteiger partial charge in [0.2, 0.25) is 5.91 Å². The number of anilines is 2. The van der Waals surface area contributed by atoms with E-state index in [-0.39, 0.29) is 11.8 Å². The standard InChI is InChI=1S/C29H29N5O5S/c35-18-21(16-27(36)37)33-29(39)22(25-9-5-15-40-25)6-3-4-14-30-28(38)19-10-12-20(13-11-19)32-26-17-31-23-7-1-2-8-24(23)34-26/h1-2,5,7-13,15,17-18,21-22H,3-4,6,14,16H2,(H,30,38)(H,32,34)(H,33,39)(H,36,37)/t21-,22?/m0/s1. The molecule has 2 amide bonds. The topological polar surface area (TPSA) is 150 Å². The van der Waals surface area contributed by atoms with Crippen molar-refractivity contribution in [3.05, 3.63) is 82.7 Å². The maximum absolute atomic E-state index is 12.8. The number of para-hydroxylation sites is 2. The Labute approximate surface area is 234 Å². The predicted octanol–water partition coefficient (Wildman–Crippen LogP) is 4.28. The van der Waals surface area contributed by atoms with Crippen molar-refractivity contribution in [2.24, 2.45) is 0 Å². The van der Waals surface area contributed by atoms with Crippen molar-refractivity contribution in [2.45, 2.75) is 37.6 Å². The molecular formula is C29H29N5O5S. The van der Waals surface area contributed by atoms with Crippen molar-refractivity contribution < 1.29 is 24.3 Å². The Morgan fingerprint density at radius 1 is 0.975 bits per heavy atom. The molecule has 2 atom stereocenters. The summed E-state index contributed by atoms with van der Waals surface area (Å²) in [4.78, 5) is 57.3.